The number of hydrogen-bond acceptors (Lipinski definition) is 5. The van der Waals surface area contributed by atoms with Gasteiger partial charge in [-0.2, -0.15) is 0 Å². The largest absolute Gasteiger partial charge is 0.462 e. The van der Waals surface area contributed by atoms with Gasteiger partial charge in [0.15, 0.2) is 10.8 Å². The Bertz CT molecular complexity index is 652. The van der Waals surface area contributed by atoms with Gasteiger partial charge < -0.3 is 15.1 Å². The molecule has 3 heterocycles. The number of carbonyl (C=O) groups is 1. The molecule has 3 rings (SSSR count). The summed E-state index contributed by atoms with van der Waals surface area (Å²) in [7, 11) is 0. The predicted molar refractivity (Wildman–Crippen MR) is 102 cm³/mol. The molecule has 0 saturated carbocycles. The van der Waals surface area contributed by atoms with Crippen LogP contribution in [0.25, 0.3) is 10.8 Å². The minimum atomic E-state index is -0.0914. The molecule has 5 nitrogen and oxygen atoms in total. The summed E-state index contributed by atoms with van der Waals surface area (Å²) in [5, 5.41) is 7.16. The van der Waals surface area contributed by atoms with Gasteiger partial charge >= 0.3 is 0 Å². The van der Waals surface area contributed by atoms with E-state index in [9.17, 15) is 4.79 Å². The van der Waals surface area contributed by atoms with Gasteiger partial charge in [0, 0.05) is 11.4 Å². The number of amides is 1. The summed E-state index contributed by atoms with van der Waals surface area (Å²) in [6, 6.07) is 3.68. The average molecular weight is 392 g/mol. The first kappa shape index (κ1) is 21.0. The van der Waals surface area contributed by atoms with E-state index in [1.807, 2.05) is 19.1 Å². The topological polar surface area (TPSA) is 67.2 Å². The highest BCUT2D eigenvalue weighted by atomic mass is 35.5. The Labute approximate surface area is 158 Å². The van der Waals surface area contributed by atoms with Crippen molar-refractivity contribution in [3.63, 3.8) is 0 Å². The van der Waals surface area contributed by atoms with E-state index in [0.717, 1.165) is 35.8 Å². The quantitative estimate of drug-likeness (QED) is 0.833. The number of nitrogens with zero attached hydrogens (tertiary/aromatic N) is 1. The summed E-state index contributed by atoms with van der Waals surface area (Å²) in [5.74, 6) is 0.615. The molecule has 0 spiro atoms. The first-order chi connectivity index (χ1) is 10.6. The number of hydrogen-bond donors (Lipinski definition) is 2. The number of aromatic nitrogens is 1. The Morgan fingerprint density at radius 1 is 1.42 bits per heavy atom. The summed E-state index contributed by atoms with van der Waals surface area (Å²) < 4.78 is 5.35. The molecule has 0 radical (unpaired) electrons. The number of furan rings is 1. The first-order valence-electron chi connectivity index (χ1n) is 7.58. The molecule has 0 bridgehead atoms. The summed E-state index contributed by atoms with van der Waals surface area (Å²) >= 11 is 1.49. The van der Waals surface area contributed by atoms with Gasteiger partial charge in [-0.3, -0.25) is 4.79 Å². The van der Waals surface area contributed by atoms with Gasteiger partial charge in [0.2, 0.25) is 0 Å². The van der Waals surface area contributed by atoms with E-state index >= 15 is 0 Å². The Morgan fingerprint density at radius 3 is 2.75 bits per heavy atom. The fourth-order valence-electron chi connectivity index (χ4n) is 2.70. The number of aryl methyl sites for hydroxylation is 1. The maximum Gasteiger partial charge on any atom is 0.271 e. The van der Waals surface area contributed by atoms with Crippen LogP contribution < -0.4 is 10.6 Å². The van der Waals surface area contributed by atoms with Crippen LogP contribution in [0.2, 0.25) is 0 Å². The first-order valence-corrected chi connectivity index (χ1v) is 8.39. The normalized spacial score (nSPS) is 15.9. The summed E-state index contributed by atoms with van der Waals surface area (Å²) in [5.41, 5.74) is 0.684. The van der Waals surface area contributed by atoms with Gasteiger partial charge in [0.1, 0.15) is 5.69 Å². The zero-order chi connectivity index (χ0) is 15.6. The second kappa shape index (κ2) is 8.85. The number of rotatable bonds is 4. The zero-order valence-corrected chi connectivity index (χ0v) is 16.2. The molecule has 0 aliphatic carbocycles. The van der Waals surface area contributed by atoms with Crippen LogP contribution in [0.15, 0.2) is 22.8 Å². The van der Waals surface area contributed by atoms with Crippen LogP contribution in [0.5, 0.6) is 0 Å². The van der Waals surface area contributed by atoms with Crippen molar-refractivity contribution in [1.29, 1.82) is 0 Å². The van der Waals surface area contributed by atoms with E-state index in [2.05, 4.69) is 22.5 Å². The number of thiazole rings is 1. The highest BCUT2D eigenvalue weighted by molar-refractivity contribution is 7.15. The van der Waals surface area contributed by atoms with Crippen molar-refractivity contribution < 1.29 is 9.21 Å². The molecule has 2 aromatic rings. The molecule has 1 saturated heterocycles. The van der Waals surface area contributed by atoms with Crippen LogP contribution in [0.1, 0.15) is 35.1 Å². The zero-order valence-electron chi connectivity index (χ0n) is 13.8. The van der Waals surface area contributed by atoms with Crippen LogP contribution >= 0.6 is 36.2 Å². The van der Waals surface area contributed by atoms with Crippen LogP contribution in [0, 0.1) is 12.3 Å². The average Bonchev–Trinajstić information content (AvgIpc) is 3.15. The monoisotopic (exact) mass is 391 g/mol. The Balaban J connectivity index is 0.00000144. The Morgan fingerprint density at radius 2 is 2.12 bits per heavy atom. The maximum absolute atomic E-state index is 12.4. The predicted octanol–water partition coefficient (Wildman–Crippen LogP) is 3.67. The highest BCUT2D eigenvalue weighted by Gasteiger charge is 2.28. The third-order valence-electron chi connectivity index (χ3n) is 4.23. The van der Waals surface area contributed by atoms with Gasteiger partial charge in [-0.25, -0.2) is 4.98 Å². The maximum atomic E-state index is 12.4. The van der Waals surface area contributed by atoms with Gasteiger partial charge in [0.25, 0.3) is 5.91 Å². The smallest absolute Gasteiger partial charge is 0.271 e. The second-order valence-electron chi connectivity index (χ2n) is 6.14. The van der Waals surface area contributed by atoms with Crippen molar-refractivity contribution in [2.45, 2.75) is 26.7 Å². The molecule has 2 aromatic heterocycles. The van der Waals surface area contributed by atoms with Crippen LogP contribution in [-0.4, -0.2) is 30.5 Å². The summed E-state index contributed by atoms with van der Waals surface area (Å²) in [4.78, 5) is 17.8. The molecule has 134 valence electrons. The van der Waals surface area contributed by atoms with E-state index in [4.69, 9.17) is 4.42 Å². The minimum Gasteiger partial charge on any atom is -0.462 e. The number of piperidine rings is 1. The Kier molecular flexibility index (Phi) is 7.73. The van der Waals surface area contributed by atoms with E-state index in [1.165, 1.54) is 11.3 Å². The molecule has 24 heavy (non-hydrogen) atoms. The van der Waals surface area contributed by atoms with Crippen molar-refractivity contribution in [2.24, 2.45) is 5.41 Å². The molecule has 0 aromatic carbocycles. The van der Waals surface area contributed by atoms with Crippen molar-refractivity contribution in [3.05, 3.63) is 29.0 Å². The second-order valence-corrected chi connectivity index (χ2v) is 7.35. The minimum absolute atomic E-state index is 0. The molecule has 1 aliphatic rings. The number of carbonyl (C=O) groups excluding carboxylic acids is 1. The van der Waals surface area contributed by atoms with E-state index < -0.39 is 0 Å². The lowest BCUT2D eigenvalue weighted by atomic mass is 9.81. The molecule has 8 heteroatoms. The number of nitrogens with one attached hydrogen (secondary N) is 2. The molecule has 2 N–H and O–H groups in total. The highest BCUT2D eigenvalue weighted by Crippen LogP contribution is 2.29. The van der Waals surface area contributed by atoms with Gasteiger partial charge in [-0.1, -0.05) is 6.92 Å². The van der Waals surface area contributed by atoms with Gasteiger partial charge in [0.05, 0.1) is 6.26 Å². The fraction of sp³-hybridized carbons (Fsp3) is 0.500. The molecule has 1 aliphatic heterocycles. The summed E-state index contributed by atoms with van der Waals surface area (Å²) in [6.07, 6.45) is 3.78. The molecular formula is C16H23Cl2N3O2S. The van der Waals surface area contributed by atoms with Crippen LogP contribution in [0.3, 0.4) is 0 Å². The summed E-state index contributed by atoms with van der Waals surface area (Å²) in [6.45, 7) is 6.89. The van der Waals surface area contributed by atoms with E-state index in [1.54, 1.807) is 6.26 Å². The van der Waals surface area contributed by atoms with E-state index in [0.29, 0.717) is 18.0 Å². The molecular weight excluding hydrogens is 369 g/mol. The third-order valence-corrected chi connectivity index (χ3v) is 5.22. The van der Waals surface area contributed by atoms with Crippen LogP contribution in [-0.2, 0) is 0 Å². The number of halogens is 2. The Hall–Kier alpha value is -1.08. The fourth-order valence-corrected chi connectivity index (χ4v) is 3.58. The van der Waals surface area contributed by atoms with Gasteiger partial charge in [-0.05, 0) is 50.4 Å². The lowest BCUT2D eigenvalue weighted by Gasteiger charge is -2.34. The lowest BCUT2D eigenvalue weighted by molar-refractivity contribution is 0.0917. The van der Waals surface area contributed by atoms with Crippen molar-refractivity contribution in [3.8, 4) is 10.8 Å². The molecule has 0 atom stereocenters. The standard InChI is InChI=1S/C16H21N3O2S.2ClH/c1-11-13(19-15(22-11)12-4-3-9-21-12)14(20)18-10-16(2)5-7-17-8-6-16;;/h3-4,9,17H,5-8,10H2,1-2H3,(H,18,20);2*1H. The lowest BCUT2D eigenvalue weighted by Crippen LogP contribution is -2.43. The van der Waals surface area contributed by atoms with Crippen molar-refractivity contribution in [1.82, 2.24) is 15.6 Å². The van der Waals surface area contributed by atoms with Gasteiger partial charge in [-0.15, -0.1) is 36.2 Å². The van der Waals surface area contributed by atoms with E-state index in [-0.39, 0.29) is 36.1 Å². The third kappa shape index (κ3) is 4.72. The molecule has 0 unspecified atom stereocenters. The SMILES string of the molecule is Cc1sc(-c2ccco2)nc1C(=O)NCC1(C)CCNCC1.Cl.Cl. The van der Waals surface area contributed by atoms with Crippen LogP contribution in [0.4, 0.5) is 0 Å². The molecule has 1 fully saturated rings. The molecule has 1 amide bonds. The van der Waals surface area contributed by atoms with Crippen molar-refractivity contribution >= 4 is 42.1 Å². The van der Waals surface area contributed by atoms with Crippen molar-refractivity contribution in [2.75, 3.05) is 19.6 Å².